The van der Waals surface area contributed by atoms with Crippen LogP contribution in [-0.4, -0.2) is 61.5 Å². The smallest absolute Gasteiger partial charge is 0.254 e. The van der Waals surface area contributed by atoms with Crippen molar-refractivity contribution in [3.8, 4) is 0 Å². The van der Waals surface area contributed by atoms with Gasteiger partial charge in [-0.05, 0) is 17.7 Å². The van der Waals surface area contributed by atoms with Crippen LogP contribution >= 0.6 is 0 Å². The van der Waals surface area contributed by atoms with Crippen LogP contribution in [0.1, 0.15) is 15.9 Å². The highest BCUT2D eigenvalue weighted by Gasteiger charge is 2.21. The van der Waals surface area contributed by atoms with Crippen molar-refractivity contribution in [2.45, 2.75) is 6.54 Å². The Hall–Kier alpha value is -1.92. The van der Waals surface area contributed by atoms with Crippen LogP contribution in [0.2, 0.25) is 0 Å². The quantitative estimate of drug-likeness (QED) is 0.852. The Morgan fingerprint density at radius 2 is 1.86 bits per heavy atom. The molecular formula is C15H21N3O3. The van der Waals surface area contributed by atoms with E-state index >= 15 is 0 Å². The van der Waals surface area contributed by atoms with Crippen molar-refractivity contribution in [1.82, 2.24) is 9.80 Å². The van der Waals surface area contributed by atoms with E-state index in [1.165, 1.54) is 4.90 Å². The van der Waals surface area contributed by atoms with Gasteiger partial charge in [0.05, 0.1) is 19.8 Å². The first kappa shape index (κ1) is 15.5. The standard InChI is InChI=1S/C15H21N3O3/c1-17(11-14(19)18-6-8-21-9-7-18)15(20)13-4-2-12(10-16)3-5-13/h2-5H,6-11,16H2,1H3. The normalized spacial score (nSPS) is 14.9. The zero-order chi connectivity index (χ0) is 15.2. The molecule has 1 aliphatic rings. The predicted octanol–water partition coefficient (Wildman–Crippen LogP) is 0.0761. The van der Waals surface area contributed by atoms with E-state index in [1.807, 2.05) is 12.1 Å². The molecule has 2 amide bonds. The molecule has 0 aliphatic carbocycles. The summed E-state index contributed by atoms with van der Waals surface area (Å²) in [4.78, 5) is 27.5. The number of morpholine rings is 1. The number of rotatable bonds is 4. The number of carbonyl (C=O) groups excluding carboxylic acids is 2. The Kier molecular flexibility index (Phi) is 5.30. The van der Waals surface area contributed by atoms with Gasteiger partial charge in [-0.3, -0.25) is 9.59 Å². The molecule has 0 radical (unpaired) electrons. The first-order chi connectivity index (χ1) is 10.1. The fourth-order valence-electron chi connectivity index (χ4n) is 2.19. The van der Waals surface area contributed by atoms with Crippen LogP contribution in [0.25, 0.3) is 0 Å². The Morgan fingerprint density at radius 3 is 2.43 bits per heavy atom. The lowest BCUT2D eigenvalue weighted by molar-refractivity contribution is -0.135. The highest BCUT2D eigenvalue weighted by atomic mass is 16.5. The summed E-state index contributed by atoms with van der Waals surface area (Å²) in [7, 11) is 1.64. The summed E-state index contributed by atoms with van der Waals surface area (Å²) < 4.78 is 5.21. The Bertz CT molecular complexity index is 495. The molecular weight excluding hydrogens is 270 g/mol. The maximum atomic E-state index is 12.3. The molecule has 0 unspecified atom stereocenters. The molecule has 1 heterocycles. The molecule has 0 saturated carbocycles. The van der Waals surface area contributed by atoms with E-state index < -0.39 is 0 Å². The fourth-order valence-corrected chi connectivity index (χ4v) is 2.19. The van der Waals surface area contributed by atoms with Crippen molar-refractivity contribution < 1.29 is 14.3 Å². The average Bonchev–Trinajstić information content (AvgIpc) is 2.55. The number of benzene rings is 1. The summed E-state index contributed by atoms with van der Waals surface area (Å²) in [5.41, 5.74) is 7.06. The third-order valence-corrected chi connectivity index (χ3v) is 3.52. The Morgan fingerprint density at radius 1 is 1.24 bits per heavy atom. The topological polar surface area (TPSA) is 75.9 Å². The molecule has 21 heavy (non-hydrogen) atoms. The second kappa shape index (κ2) is 7.19. The van der Waals surface area contributed by atoms with Crippen molar-refractivity contribution in [2.75, 3.05) is 39.9 Å². The first-order valence-electron chi connectivity index (χ1n) is 7.02. The summed E-state index contributed by atoms with van der Waals surface area (Å²) in [6.45, 7) is 2.82. The van der Waals surface area contributed by atoms with Crippen molar-refractivity contribution in [1.29, 1.82) is 0 Å². The highest BCUT2D eigenvalue weighted by molar-refractivity contribution is 5.96. The van der Waals surface area contributed by atoms with E-state index in [2.05, 4.69) is 0 Å². The predicted molar refractivity (Wildman–Crippen MR) is 78.7 cm³/mol. The van der Waals surface area contributed by atoms with E-state index in [0.29, 0.717) is 38.4 Å². The van der Waals surface area contributed by atoms with E-state index in [1.54, 1.807) is 24.1 Å². The van der Waals surface area contributed by atoms with Crippen LogP contribution in [0.3, 0.4) is 0 Å². The number of hydrogen-bond donors (Lipinski definition) is 1. The molecule has 0 atom stereocenters. The van der Waals surface area contributed by atoms with Gasteiger partial charge in [-0.2, -0.15) is 0 Å². The van der Waals surface area contributed by atoms with E-state index in [4.69, 9.17) is 10.5 Å². The van der Waals surface area contributed by atoms with Crippen LogP contribution < -0.4 is 5.73 Å². The summed E-state index contributed by atoms with van der Waals surface area (Å²) in [5, 5.41) is 0. The monoisotopic (exact) mass is 291 g/mol. The van der Waals surface area contributed by atoms with Crippen LogP contribution in [0.4, 0.5) is 0 Å². The lowest BCUT2D eigenvalue weighted by Crippen LogP contribution is -2.46. The zero-order valence-electron chi connectivity index (χ0n) is 12.2. The summed E-state index contributed by atoms with van der Waals surface area (Å²) >= 11 is 0. The summed E-state index contributed by atoms with van der Waals surface area (Å²) in [6.07, 6.45) is 0. The molecule has 6 nitrogen and oxygen atoms in total. The third kappa shape index (κ3) is 4.03. The van der Waals surface area contributed by atoms with E-state index in [-0.39, 0.29) is 18.4 Å². The zero-order valence-corrected chi connectivity index (χ0v) is 12.2. The molecule has 1 saturated heterocycles. The Balaban J connectivity index is 1.93. The number of nitrogens with two attached hydrogens (primary N) is 1. The van der Waals surface area contributed by atoms with Gasteiger partial charge in [0, 0.05) is 32.2 Å². The first-order valence-corrected chi connectivity index (χ1v) is 7.02. The summed E-state index contributed by atoms with van der Waals surface area (Å²) in [5.74, 6) is -0.215. The van der Waals surface area contributed by atoms with E-state index in [9.17, 15) is 9.59 Å². The maximum Gasteiger partial charge on any atom is 0.254 e. The van der Waals surface area contributed by atoms with Gasteiger partial charge in [-0.25, -0.2) is 0 Å². The molecule has 114 valence electrons. The summed E-state index contributed by atoms with van der Waals surface area (Å²) in [6, 6.07) is 7.12. The largest absolute Gasteiger partial charge is 0.378 e. The molecule has 2 N–H and O–H groups in total. The highest BCUT2D eigenvalue weighted by Crippen LogP contribution is 2.07. The molecule has 2 rings (SSSR count). The molecule has 1 aliphatic heterocycles. The molecule has 6 heteroatoms. The lowest BCUT2D eigenvalue weighted by atomic mass is 10.1. The molecule has 1 fully saturated rings. The van der Waals surface area contributed by atoms with Crippen molar-refractivity contribution in [3.05, 3.63) is 35.4 Å². The third-order valence-electron chi connectivity index (χ3n) is 3.52. The van der Waals surface area contributed by atoms with Crippen LogP contribution in [0.15, 0.2) is 24.3 Å². The van der Waals surface area contributed by atoms with Crippen molar-refractivity contribution in [3.63, 3.8) is 0 Å². The van der Waals surface area contributed by atoms with Crippen molar-refractivity contribution >= 4 is 11.8 Å². The van der Waals surface area contributed by atoms with Gasteiger partial charge < -0.3 is 20.3 Å². The second-order valence-corrected chi connectivity index (χ2v) is 5.06. The minimum absolute atomic E-state index is 0.0484. The fraction of sp³-hybridized carbons (Fsp3) is 0.467. The second-order valence-electron chi connectivity index (χ2n) is 5.06. The van der Waals surface area contributed by atoms with Crippen LogP contribution in [-0.2, 0) is 16.1 Å². The number of hydrogen-bond acceptors (Lipinski definition) is 4. The van der Waals surface area contributed by atoms with Crippen LogP contribution in [0.5, 0.6) is 0 Å². The lowest BCUT2D eigenvalue weighted by Gasteiger charge is -2.28. The van der Waals surface area contributed by atoms with Gasteiger partial charge in [0.15, 0.2) is 0 Å². The van der Waals surface area contributed by atoms with E-state index in [0.717, 1.165) is 5.56 Å². The number of ether oxygens (including phenoxy) is 1. The van der Waals surface area contributed by atoms with Gasteiger partial charge in [0.2, 0.25) is 5.91 Å². The minimum atomic E-state index is -0.166. The molecule has 0 spiro atoms. The Labute approximate surface area is 124 Å². The van der Waals surface area contributed by atoms with Gasteiger partial charge >= 0.3 is 0 Å². The molecule has 1 aromatic rings. The number of likely N-dealkylation sites (N-methyl/N-ethyl adjacent to an activating group) is 1. The molecule has 0 aromatic heterocycles. The molecule has 1 aromatic carbocycles. The number of amides is 2. The van der Waals surface area contributed by atoms with Crippen molar-refractivity contribution in [2.24, 2.45) is 5.73 Å². The van der Waals surface area contributed by atoms with Gasteiger partial charge in [-0.1, -0.05) is 12.1 Å². The number of carbonyl (C=O) groups is 2. The van der Waals surface area contributed by atoms with Gasteiger partial charge in [0.25, 0.3) is 5.91 Å². The SMILES string of the molecule is CN(CC(=O)N1CCOCC1)C(=O)c1ccc(CN)cc1. The maximum absolute atomic E-state index is 12.3. The molecule has 0 bridgehead atoms. The van der Waals surface area contributed by atoms with Gasteiger partial charge in [-0.15, -0.1) is 0 Å². The average molecular weight is 291 g/mol. The van der Waals surface area contributed by atoms with Crippen LogP contribution in [0, 0.1) is 0 Å². The number of nitrogens with zero attached hydrogens (tertiary/aromatic N) is 2. The van der Waals surface area contributed by atoms with Gasteiger partial charge in [0.1, 0.15) is 0 Å². The minimum Gasteiger partial charge on any atom is -0.378 e.